The van der Waals surface area contributed by atoms with E-state index in [1.807, 2.05) is 0 Å². The van der Waals surface area contributed by atoms with E-state index in [4.69, 9.17) is 5.73 Å². The Morgan fingerprint density at radius 1 is 1.00 bits per heavy atom. The van der Waals surface area contributed by atoms with Crippen LogP contribution in [0.1, 0.15) is 6.92 Å². The molecule has 0 aliphatic heterocycles. The van der Waals surface area contributed by atoms with Gasteiger partial charge >= 0.3 is 0 Å². The molecule has 1 rings (SSSR count). The highest BCUT2D eigenvalue weighted by Crippen LogP contribution is 2.26. The fourth-order valence-electron chi connectivity index (χ4n) is 0.952. The van der Waals surface area contributed by atoms with E-state index in [2.05, 4.69) is 0 Å². The summed E-state index contributed by atoms with van der Waals surface area (Å²) in [7, 11) is 0. The number of hydrogen-bond donors (Lipinski definition) is 2. The molecule has 1 aromatic carbocycles. The van der Waals surface area contributed by atoms with Crippen molar-refractivity contribution in [1.29, 1.82) is 0 Å². The summed E-state index contributed by atoms with van der Waals surface area (Å²) in [6.45, 7) is 1.18. The van der Waals surface area contributed by atoms with Crippen LogP contribution in [0, 0.1) is 29.1 Å². The normalized spacial score (nSPS) is 12.4. The first-order valence-corrected chi connectivity index (χ1v) is 4.35. The van der Waals surface area contributed by atoms with Gasteiger partial charge in [-0.2, -0.15) is 0 Å². The van der Waals surface area contributed by atoms with Crippen LogP contribution in [0.15, 0.2) is 0 Å². The predicted octanol–water partition coefficient (Wildman–Crippen LogP) is 1.67. The van der Waals surface area contributed by atoms with Crippen molar-refractivity contribution in [2.75, 3.05) is 5.32 Å². The van der Waals surface area contributed by atoms with Gasteiger partial charge in [0.2, 0.25) is 11.7 Å². The molecule has 0 radical (unpaired) electrons. The first-order valence-electron chi connectivity index (χ1n) is 4.35. The lowest BCUT2D eigenvalue weighted by molar-refractivity contribution is -0.117. The molecular weight excluding hydrogens is 247 g/mol. The van der Waals surface area contributed by atoms with E-state index in [1.165, 1.54) is 12.2 Å². The van der Waals surface area contributed by atoms with E-state index >= 15 is 0 Å². The van der Waals surface area contributed by atoms with Crippen LogP contribution in [-0.2, 0) is 4.79 Å². The fraction of sp³-hybridized carbons (Fsp3) is 0.222. The third kappa shape index (κ3) is 2.36. The lowest BCUT2D eigenvalue weighted by Gasteiger charge is -2.11. The number of amides is 1. The van der Waals surface area contributed by atoms with Crippen LogP contribution in [0.25, 0.3) is 0 Å². The second kappa shape index (κ2) is 4.66. The van der Waals surface area contributed by atoms with Gasteiger partial charge in [0.1, 0.15) is 5.69 Å². The van der Waals surface area contributed by atoms with Crippen LogP contribution in [0.4, 0.5) is 27.6 Å². The van der Waals surface area contributed by atoms with Gasteiger partial charge in [-0.15, -0.1) is 0 Å². The molecule has 94 valence electrons. The van der Waals surface area contributed by atoms with Gasteiger partial charge in [0, 0.05) is 0 Å². The van der Waals surface area contributed by atoms with Gasteiger partial charge in [0.25, 0.3) is 0 Å². The Morgan fingerprint density at radius 2 is 1.35 bits per heavy atom. The summed E-state index contributed by atoms with van der Waals surface area (Å²) in [6.07, 6.45) is 0. The molecule has 0 aliphatic rings. The monoisotopic (exact) mass is 254 g/mol. The molecule has 0 bridgehead atoms. The number of halogens is 5. The standard InChI is InChI=1S/C9H7F5N2O/c1-2(15)9(17)16-8-6(13)4(11)3(10)5(12)7(8)14/h2H,15H2,1H3,(H,16,17)/t2-/m0/s1. The topological polar surface area (TPSA) is 55.1 Å². The summed E-state index contributed by atoms with van der Waals surface area (Å²) in [4.78, 5) is 11.0. The van der Waals surface area contributed by atoms with Gasteiger partial charge in [0.05, 0.1) is 6.04 Å². The largest absolute Gasteiger partial charge is 0.320 e. The number of carbonyl (C=O) groups is 1. The number of rotatable bonds is 2. The van der Waals surface area contributed by atoms with Gasteiger partial charge in [-0.25, -0.2) is 22.0 Å². The summed E-state index contributed by atoms with van der Waals surface area (Å²) in [5.41, 5.74) is 3.66. The molecule has 0 saturated carbocycles. The Balaban J connectivity index is 3.30. The summed E-state index contributed by atoms with van der Waals surface area (Å²) in [5.74, 6) is -11.9. The highest BCUT2D eigenvalue weighted by molar-refractivity contribution is 5.94. The summed E-state index contributed by atoms with van der Waals surface area (Å²) in [5, 5.41) is 1.53. The van der Waals surface area contributed by atoms with Gasteiger partial charge in [-0.05, 0) is 6.92 Å². The van der Waals surface area contributed by atoms with Crippen LogP contribution < -0.4 is 11.1 Å². The second-order valence-corrected chi connectivity index (χ2v) is 3.22. The van der Waals surface area contributed by atoms with Crippen molar-refractivity contribution in [2.45, 2.75) is 13.0 Å². The average Bonchev–Trinajstić information content (AvgIpc) is 2.29. The Labute approximate surface area is 92.4 Å². The fourth-order valence-corrected chi connectivity index (χ4v) is 0.952. The molecule has 0 aliphatic carbocycles. The Kier molecular flexibility index (Phi) is 3.66. The number of hydrogen-bond acceptors (Lipinski definition) is 2. The Hall–Kier alpha value is -1.70. The smallest absolute Gasteiger partial charge is 0.241 e. The van der Waals surface area contributed by atoms with Crippen LogP contribution in [-0.4, -0.2) is 11.9 Å². The predicted molar refractivity (Wildman–Crippen MR) is 48.5 cm³/mol. The molecule has 0 fully saturated rings. The number of carbonyl (C=O) groups excluding carboxylic acids is 1. The molecule has 0 aromatic heterocycles. The Morgan fingerprint density at radius 3 is 1.71 bits per heavy atom. The van der Waals surface area contributed by atoms with E-state index in [0.29, 0.717) is 0 Å². The molecule has 17 heavy (non-hydrogen) atoms. The molecule has 1 amide bonds. The number of anilines is 1. The molecule has 1 aromatic rings. The zero-order valence-electron chi connectivity index (χ0n) is 8.45. The van der Waals surface area contributed by atoms with Crippen LogP contribution in [0.3, 0.4) is 0 Å². The lowest BCUT2D eigenvalue weighted by atomic mass is 10.2. The van der Waals surface area contributed by atoms with Crippen molar-refractivity contribution < 1.29 is 26.7 Å². The second-order valence-electron chi connectivity index (χ2n) is 3.22. The number of nitrogens with two attached hydrogens (primary N) is 1. The summed E-state index contributed by atoms with van der Waals surface area (Å²) < 4.78 is 64.1. The van der Waals surface area contributed by atoms with Crippen molar-refractivity contribution in [1.82, 2.24) is 0 Å². The van der Waals surface area contributed by atoms with Crippen LogP contribution in [0.2, 0.25) is 0 Å². The van der Waals surface area contributed by atoms with E-state index < -0.39 is 46.7 Å². The third-order valence-electron chi connectivity index (χ3n) is 1.87. The van der Waals surface area contributed by atoms with E-state index in [0.717, 1.165) is 0 Å². The molecule has 8 heteroatoms. The molecule has 0 saturated heterocycles. The maximum atomic E-state index is 13.0. The minimum Gasteiger partial charge on any atom is -0.320 e. The highest BCUT2D eigenvalue weighted by atomic mass is 19.2. The molecule has 0 spiro atoms. The van der Waals surface area contributed by atoms with Gasteiger partial charge in [0.15, 0.2) is 23.3 Å². The number of nitrogens with one attached hydrogen (secondary N) is 1. The molecule has 1 atom stereocenters. The Bertz CT molecular complexity index is 446. The SMILES string of the molecule is C[C@H](N)C(=O)Nc1c(F)c(F)c(F)c(F)c1F. The van der Waals surface area contributed by atoms with E-state index in [9.17, 15) is 26.7 Å². The lowest BCUT2D eigenvalue weighted by Crippen LogP contribution is -2.33. The quantitative estimate of drug-likeness (QED) is 0.479. The van der Waals surface area contributed by atoms with E-state index in [1.54, 1.807) is 0 Å². The zero-order chi connectivity index (χ0) is 13.3. The van der Waals surface area contributed by atoms with Crippen molar-refractivity contribution in [3.8, 4) is 0 Å². The first-order chi connectivity index (χ1) is 7.77. The minimum atomic E-state index is -2.29. The van der Waals surface area contributed by atoms with Crippen LogP contribution in [0.5, 0.6) is 0 Å². The molecule has 3 nitrogen and oxygen atoms in total. The zero-order valence-corrected chi connectivity index (χ0v) is 8.45. The highest BCUT2D eigenvalue weighted by Gasteiger charge is 2.27. The first kappa shape index (κ1) is 13.4. The van der Waals surface area contributed by atoms with Gasteiger partial charge < -0.3 is 11.1 Å². The van der Waals surface area contributed by atoms with Crippen molar-refractivity contribution in [3.05, 3.63) is 29.1 Å². The molecule has 3 N–H and O–H groups in total. The van der Waals surface area contributed by atoms with Crippen LogP contribution >= 0.6 is 0 Å². The van der Waals surface area contributed by atoms with E-state index in [-0.39, 0.29) is 0 Å². The molecule has 0 heterocycles. The maximum absolute atomic E-state index is 13.0. The molecule has 0 unspecified atom stereocenters. The minimum absolute atomic E-state index is 1.08. The van der Waals surface area contributed by atoms with Crippen molar-refractivity contribution in [3.63, 3.8) is 0 Å². The van der Waals surface area contributed by atoms with Gasteiger partial charge in [-0.3, -0.25) is 4.79 Å². The number of benzene rings is 1. The van der Waals surface area contributed by atoms with Gasteiger partial charge in [-0.1, -0.05) is 0 Å². The summed E-state index contributed by atoms with van der Waals surface area (Å²) >= 11 is 0. The maximum Gasteiger partial charge on any atom is 0.241 e. The summed E-state index contributed by atoms with van der Waals surface area (Å²) in [6, 6.07) is -1.16. The molecular formula is C9H7F5N2O. The average molecular weight is 254 g/mol. The van der Waals surface area contributed by atoms with Crippen molar-refractivity contribution in [2.24, 2.45) is 5.73 Å². The third-order valence-corrected chi connectivity index (χ3v) is 1.87. The van der Waals surface area contributed by atoms with Crippen molar-refractivity contribution >= 4 is 11.6 Å².